The van der Waals surface area contributed by atoms with Gasteiger partial charge in [0.2, 0.25) is 0 Å². The molecule has 0 bridgehead atoms. The molecule has 1 aromatic heterocycles. The number of nitrogens with two attached hydrogens (primary N) is 2. The van der Waals surface area contributed by atoms with E-state index in [9.17, 15) is 0 Å². The highest BCUT2D eigenvalue weighted by molar-refractivity contribution is 9.12. The normalized spacial score (nSPS) is 16.7. The smallest absolute Gasteiger partial charge is 0.175 e. The lowest BCUT2D eigenvalue weighted by Crippen LogP contribution is -2.17. The van der Waals surface area contributed by atoms with Crippen LogP contribution >= 0.6 is 15.9 Å². The van der Waals surface area contributed by atoms with Crippen LogP contribution in [0, 0.1) is 0 Å². The van der Waals surface area contributed by atoms with Gasteiger partial charge in [-0.1, -0.05) is 6.58 Å². The Bertz CT molecular complexity index is 511. The lowest BCUT2D eigenvalue weighted by molar-refractivity contribution is 0.964. The molecule has 1 aliphatic carbocycles. The maximum absolute atomic E-state index is 5.81. The van der Waals surface area contributed by atoms with Crippen LogP contribution in [0.15, 0.2) is 34.1 Å². The molecule has 0 aromatic carbocycles. The van der Waals surface area contributed by atoms with Crippen molar-refractivity contribution >= 4 is 27.6 Å². The number of rotatable bonds is 5. The molecular formula is C11H15BrN6. The molecular weight excluding hydrogens is 296 g/mol. The molecule has 0 aliphatic heterocycles. The minimum atomic E-state index is 0.317. The first kappa shape index (κ1) is 12.7. The highest BCUT2D eigenvalue weighted by atomic mass is 79.9. The molecule has 1 aromatic rings. The van der Waals surface area contributed by atoms with Gasteiger partial charge in [-0.3, -0.25) is 5.10 Å². The van der Waals surface area contributed by atoms with Crippen molar-refractivity contribution in [3.63, 3.8) is 0 Å². The molecule has 96 valence electrons. The summed E-state index contributed by atoms with van der Waals surface area (Å²) in [6, 6.07) is 1.92. The number of halogens is 1. The minimum Gasteiger partial charge on any atom is -0.386 e. The number of aromatic nitrogens is 2. The topological polar surface area (TPSA) is 105 Å². The molecule has 7 heteroatoms. The lowest BCUT2D eigenvalue weighted by Gasteiger charge is -2.00. The molecule has 6 nitrogen and oxygen atoms in total. The van der Waals surface area contributed by atoms with Crippen LogP contribution in [-0.4, -0.2) is 16.0 Å². The van der Waals surface area contributed by atoms with Crippen LogP contribution < -0.4 is 16.8 Å². The lowest BCUT2D eigenvalue weighted by atomic mass is 10.3. The summed E-state index contributed by atoms with van der Waals surface area (Å²) >= 11 is 3.29. The third-order valence-corrected chi connectivity index (χ3v) is 3.10. The van der Waals surface area contributed by atoms with E-state index in [4.69, 9.17) is 11.5 Å². The maximum Gasteiger partial charge on any atom is 0.175 e. The molecule has 18 heavy (non-hydrogen) atoms. The van der Waals surface area contributed by atoms with Crippen LogP contribution in [0.5, 0.6) is 0 Å². The summed E-state index contributed by atoms with van der Waals surface area (Å²) in [6.07, 6.45) is 4.01. The number of aromatic amines is 1. The van der Waals surface area contributed by atoms with Crippen molar-refractivity contribution in [2.45, 2.75) is 18.8 Å². The van der Waals surface area contributed by atoms with Crippen molar-refractivity contribution in [1.82, 2.24) is 15.5 Å². The monoisotopic (exact) mass is 310 g/mol. The van der Waals surface area contributed by atoms with Crippen LogP contribution in [-0.2, 0) is 0 Å². The van der Waals surface area contributed by atoms with Crippen molar-refractivity contribution in [2.75, 3.05) is 0 Å². The first-order chi connectivity index (χ1) is 8.56. The molecule has 2 rings (SSSR count). The SMILES string of the molecule is C=C(N)NC=C(Br)C(N)=Nc1cc(C2CC2)[nH]n1. The van der Waals surface area contributed by atoms with E-state index in [-0.39, 0.29) is 0 Å². The van der Waals surface area contributed by atoms with Crippen molar-refractivity contribution in [3.05, 3.63) is 34.8 Å². The van der Waals surface area contributed by atoms with Gasteiger partial charge in [0.15, 0.2) is 5.82 Å². The summed E-state index contributed by atoms with van der Waals surface area (Å²) in [4.78, 5) is 4.19. The number of hydrogen-bond acceptors (Lipinski definition) is 4. The highest BCUT2D eigenvalue weighted by Gasteiger charge is 2.25. The maximum atomic E-state index is 5.81. The van der Waals surface area contributed by atoms with E-state index in [0.717, 1.165) is 5.69 Å². The molecule has 6 N–H and O–H groups in total. The van der Waals surface area contributed by atoms with Crippen molar-refractivity contribution in [2.24, 2.45) is 16.5 Å². The zero-order valence-corrected chi connectivity index (χ0v) is 11.4. The molecule has 1 saturated carbocycles. The van der Waals surface area contributed by atoms with E-state index in [1.807, 2.05) is 6.07 Å². The number of nitrogens with one attached hydrogen (secondary N) is 2. The molecule has 0 radical (unpaired) electrons. The molecule has 0 saturated heterocycles. The fourth-order valence-electron chi connectivity index (χ4n) is 1.39. The van der Waals surface area contributed by atoms with Crippen LogP contribution in [0.1, 0.15) is 24.5 Å². The van der Waals surface area contributed by atoms with Gasteiger partial charge in [-0.05, 0) is 28.8 Å². The van der Waals surface area contributed by atoms with Crippen LogP contribution in [0.25, 0.3) is 0 Å². The number of H-pyrrole nitrogens is 1. The van der Waals surface area contributed by atoms with Crippen molar-refractivity contribution in [3.8, 4) is 0 Å². The Morgan fingerprint density at radius 1 is 1.61 bits per heavy atom. The van der Waals surface area contributed by atoms with Gasteiger partial charge in [0.25, 0.3) is 0 Å². The van der Waals surface area contributed by atoms with Gasteiger partial charge >= 0.3 is 0 Å². The molecule has 0 spiro atoms. The minimum absolute atomic E-state index is 0.317. The van der Waals surface area contributed by atoms with E-state index in [0.29, 0.717) is 27.9 Å². The van der Waals surface area contributed by atoms with E-state index in [1.165, 1.54) is 12.8 Å². The van der Waals surface area contributed by atoms with Gasteiger partial charge < -0.3 is 16.8 Å². The Morgan fingerprint density at radius 3 is 2.94 bits per heavy atom. The zero-order valence-electron chi connectivity index (χ0n) is 9.78. The molecule has 0 atom stereocenters. The second-order valence-corrected chi connectivity index (χ2v) is 4.97. The first-order valence-electron chi connectivity index (χ1n) is 5.52. The summed E-state index contributed by atoms with van der Waals surface area (Å²) in [7, 11) is 0. The fraction of sp³-hybridized carbons (Fsp3) is 0.273. The Morgan fingerprint density at radius 2 is 2.33 bits per heavy atom. The molecule has 0 amide bonds. The first-order valence-corrected chi connectivity index (χ1v) is 6.32. The molecule has 1 aliphatic rings. The predicted molar refractivity (Wildman–Crippen MR) is 75.3 cm³/mol. The molecule has 1 fully saturated rings. The predicted octanol–water partition coefficient (Wildman–Crippen LogP) is 1.53. The summed E-state index contributed by atoms with van der Waals surface area (Å²) in [5, 5.41) is 9.79. The molecule has 0 unspecified atom stereocenters. The van der Waals surface area contributed by atoms with Crippen LogP contribution in [0.2, 0.25) is 0 Å². The average Bonchev–Trinajstić information content (AvgIpc) is 3.07. The van der Waals surface area contributed by atoms with Gasteiger partial charge in [-0.25, -0.2) is 4.99 Å². The van der Waals surface area contributed by atoms with Crippen molar-refractivity contribution in [1.29, 1.82) is 0 Å². The largest absolute Gasteiger partial charge is 0.386 e. The second kappa shape index (κ2) is 5.26. The average molecular weight is 311 g/mol. The number of nitrogens with zero attached hydrogens (tertiary/aromatic N) is 2. The van der Waals surface area contributed by atoms with E-state index < -0.39 is 0 Å². The number of hydrogen-bond donors (Lipinski definition) is 4. The Balaban J connectivity index is 2.05. The third-order valence-electron chi connectivity index (χ3n) is 2.47. The van der Waals surface area contributed by atoms with Gasteiger partial charge in [-0.15, -0.1) is 0 Å². The summed E-state index contributed by atoms with van der Waals surface area (Å²) in [5.74, 6) is 1.84. The summed E-state index contributed by atoms with van der Waals surface area (Å²) < 4.78 is 0.588. The quantitative estimate of drug-likeness (QED) is 0.489. The van der Waals surface area contributed by atoms with Gasteiger partial charge in [0.1, 0.15) is 5.84 Å². The summed E-state index contributed by atoms with van der Waals surface area (Å²) in [5.41, 5.74) is 12.3. The van der Waals surface area contributed by atoms with Gasteiger partial charge in [0, 0.05) is 23.9 Å². The second-order valence-electron chi connectivity index (χ2n) is 4.11. The summed E-state index contributed by atoms with van der Waals surface area (Å²) in [6.45, 7) is 3.50. The Kier molecular flexibility index (Phi) is 3.71. The Labute approximate surface area is 113 Å². The van der Waals surface area contributed by atoms with Gasteiger partial charge in [-0.2, -0.15) is 5.10 Å². The van der Waals surface area contributed by atoms with Crippen molar-refractivity contribution < 1.29 is 0 Å². The number of amidine groups is 1. The zero-order chi connectivity index (χ0) is 13.1. The number of aliphatic imine (C=N–C) groups is 1. The van der Waals surface area contributed by atoms with E-state index >= 15 is 0 Å². The van der Waals surface area contributed by atoms with E-state index in [1.54, 1.807) is 6.20 Å². The third kappa shape index (κ3) is 3.36. The van der Waals surface area contributed by atoms with Crippen LogP contribution in [0.3, 0.4) is 0 Å². The molecule has 1 heterocycles. The Hall–Kier alpha value is -1.76. The van der Waals surface area contributed by atoms with Crippen LogP contribution in [0.4, 0.5) is 5.82 Å². The standard InChI is InChI=1S/C11H15BrN6/c1-6(13)15-5-8(12)11(14)16-10-4-9(17-18-10)7-2-3-7/h4-5,7,15H,1-3,13H2,(H3,14,16,17,18). The highest BCUT2D eigenvalue weighted by Crippen LogP contribution is 2.39. The van der Waals surface area contributed by atoms with Gasteiger partial charge in [0.05, 0.1) is 10.3 Å². The van der Waals surface area contributed by atoms with E-state index in [2.05, 4.69) is 43.0 Å². The fourth-order valence-corrected chi connectivity index (χ4v) is 1.60.